The van der Waals surface area contributed by atoms with Gasteiger partial charge in [0.1, 0.15) is 17.2 Å². The van der Waals surface area contributed by atoms with E-state index in [-0.39, 0.29) is 5.91 Å². The SMILES string of the molecule is COc1cc(N)ccc1C(=O)N(C)Cc1cc(C)on1. The van der Waals surface area contributed by atoms with Crippen LogP contribution in [-0.2, 0) is 6.54 Å². The first-order valence-corrected chi connectivity index (χ1v) is 6.12. The van der Waals surface area contributed by atoms with Gasteiger partial charge in [-0.25, -0.2) is 0 Å². The first kappa shape index (κ1) is 13.9. The summed E-state index contributed by atoms with van der Waals surface area (Å²) in [5, 5.41) is 3.87. The number of anilines is 1. The lowest BCUT2D eigenvalue weighted by atomic mass is 10.1. The minimum absolute atomic E-state index is 0.164. The molecule has 0 radical (unpaired) electrons. The van der Waals surface area contributed by atoms with E-state index in [4.69, 9.17) is 15.0 Å². The van der Waals surface area contributed by atoms with Gasteiger partial charge in [-0.1, -0.05) is 5.16 Å². The Hall–Kier alpha value is -2.50. The molecule has 106 valence electrons. The van der Waals surface area contributed by atoms with E-state index in [0.717, 1.165) is 0 Å². The lowest BCUT2D eigenvalue weighted by Gasteiger charge is -2.17. The van der Waals surface area contributed by atoms with Gasteiger partial charge in [0.15, 0.2) is 0 Å². The number of nitrogen functional groups attached to an aromatic ring is 1. The van der Waals surface area contributed by atoms with Crippen molar-refractivity contribution >= 4 is 11.6 Å². The zero-order valence-electron chi connectivity index (χ0n) is 11.7. The maximum absolute atomic E-state index is 12.4. The Morgan fingerprint density at radius 1 is 1.45 bits per heavy atom. The number of aryl methyl sites for hydroxylation is 1. The molecule has 0 spiro atoms. The van der Waals surface area contributed by atoms with Crippen molar-refractivity contribution in [1.82, 2.24) is 10.1 Å². The first-order valence-electron chi connectivity index (χ1n) is 6.12. The van der Waals surface area contributed by atoms with Crippen LogP contribution in [0.4, 0.5) is 5.69 Å². The summed E-state index contributed by atoms with van der Waals surface area (Å²) in [6.45, 7) is 2.17. The predicted octanol–water partition coefficient (Wildman–Crippen LogP) is 1.85. The van der Waals surface area contributed by atoms with E-state index >= 15 is 0 Å². The molecule has 0 aliphatic carbocycles. The fourth-order valence-electron chi connectivity index (χ4n) is 1.90. The van der Waals surface area contributed by atoms with E-state index in [0.29, 0.717) is 35.0 Å². The van der Waals surface area contributed by atoms with Gasteiger partial charge < -0.3 is 19.9 Å². The molecule has 2 aromatic rings. The number of nitrogens with zero attached hydrogens (tertiary/aromatic N) is 2. The molecule has 1 amide bonds. The van der Waals surface area contributed by atoms with Crippen molar-refractivity contribution in [1.29, 1.82) is 0 Å². The average Bonchev–Trinajstić information content (AvgIpc) is 2.83. The fourth-order valence-corrected chi connectivity index (χ4v) is 1.90. The second-order valence-electron chi connectivity index (χ2n) is 4.55. The molecule has 20 heavy (non-hydrogen) atoms. The van der Waals surface area contributed by atoms with E-state index in [1.54, 1.807) is 43.1 Å². The quantitative estimate of drug-likeness (QED) is 0.861. The van der Waals surface area contributed by atoms with Crippen LogP contribution in [0.1, 0.15) is 21.8 Å². The molecule has 0 aliphatic heterocycles. The molecule has 0 unspecified atom stereocenters. The summed E-state index contributed by atoms with van der Waals surface area (Å²) < 4.78 is 10.2. The second-order valence-corrected chi connectivity index (χ2v) is 4.55. The Kier molecular flexibility index (Phi) is 3.93. The van der Waals surface area contributed by atoms with Crippen molar-refractivity contribution in [2.24, 2.45) is 0 Å². The second kappa shape index (κ2) is 5.64. The number of rotatable bonds is 4. The molecule has 6 nitrogen and oxygen atoms in total. The first-order chi connectivity index (χ1) is 9.51. The van der Waals surface area contributed by atoms with Crippen LogP contribution in [0.15, 0.2) is 28.8 Å². The van der Waals surface area contributed by atoms with Gasteiger partial charge in [0, 0.05) is 24.9 Å². The smallest absolute Gasteiger partial charge is 0.257 e. The number of aromatic nitrogens is 1. The molecule has 0 fully saturated rings. The molecule has 0 saturated heterocycles. The summed E-state index contributed by atoms with van der Waals surface area (Å²) in [6.07, 6.45) is 0. The standard InChI is InChI=1S/C14H17N3O3/c1-9-6-11(16-20-9)8-17(2)14(18)12-5-4-10(15)7-13(12)19-3/h4-7H,8,15H2,1-3H3. The number of benzene rings is 1. The minimum atomic E-state index is -0.164. The number of carbonyl (C=O) groups excluding carboxylic acids is 1. The number of hydrogen-bond acceptors (Lipinski definition) is 5. The number of nitrogens with two attached hydrogens (primary N) is 1. The lowest BCUT2D eigenvalue weighted by Crippen LogP contribution is -2.26. The third-order valence-corrected chi connectivity index (χ3v) is 2.88. The maximum Gasteiger partial charge on any atom is 0.257 e. The average molecular weight is 275 g/mol. The number of methoxy groups -OCH3 is 1. The molecule has 0 aliphatic rings. The summed E-state index contributed by atoms with van der Waals surface area (Å²) in [5.41, 5.74) is 7.39. The van der Waals surface area contributed by atoms with Crippen LogP contribution in [0.25, 0.3) is 0 Å². The van der Waals surface area contributed by atoms with Crippen LogP contribution in [0.3, 0.4) is 0 Å². The third kappa shape index (κ3) is 2.90. The van der Waals surface area contributed by atoms with Gasteiger partial charge in [-0.3, -0.25) is 4.79 Å². The Morgan fingerprint density at radius 3 is 2.80 bits per heavy atom. The molecule has 2 N–H and O–H groups in total. The van der Waals surface area contributed by atoms with Crippen molar-refractivity contribution in [3.8, 4) is 5.75 Å². The van der Waals surface area contributed by atoms with Gasteiger partial charge in [0.05, 0.1) is 19.2 Å². The monoisotopic (exact) mass is 275 g/mol. The highest BCUT2D eigenvalue weighted by Crippen LogP contribution is 2.23. The van der Waals surface area contributed by atoms with Crippen LogP contribution < -0.4 is 10.5 Å². The highest BCUT2D eigenvalue weighted by Gasteiger charge is 2.18. The van der Waals surface area contributed by atoms with Gasteiger partial charge in [-0.2, -0.15) is 0 Å². The largest absolute Gasteiger partial charge is 0.496 e. The fraction of sp³-hybridized carbons (Fsp3) is 0.286. The van der Waals surface area contributed by atoms with Gasteiger partial charge in [0.2, 0.25) is 0 Å². The van der Waals surface area contributed by atoms with Crippen LogP contribution in [0.5, 0.6) is 5.75 Å². The molecule has 0 saturated carbocycles. The van der Waals surface area contributed by atoms with E-state index < -0.39 is 0 Å². The number of hydrogen-bond donors (Lipinski definition) is 1. The molecule has 6 heteroatoms. The minimum Gasteiger partial charge on any atom is -0.496 e. The van der Waals surface area contributed by atoms with E-state index in [1.807, 2.05) is 0 Å². The summed E-state index contributed by atoms with van der Waals surface area (Å²) in [7, 11) is 3.20. The van der Waals surface area contributed by atoms with E-state index in [9.17, 15) is 4.79 Å². The van der Waals surface area contributed by atoms with Crippen molar-refractivity contribution in [3.05, 3.63) is 41.3 Å². The van der Waals surface area contributed by atoms with Gasteiger partial charge >= 0.3 is 0 Å². The van der Waals surface area contributed by atoms with E-state index in [2.05, 4.69) is 5.16 Å². The van der Waals surface area contributed by atoms with Crippen LogP contribution in [-0.4, -0.2) is 30.1 Å². The summed E-state index contributed by atoms with van der Waals surface area (Å²) in [4.78, 5) is 13.9. The van der Waals surface area contributed by atoms with E-state index in [1.165, 1.54) is 7.11 Å². The Labute approximate surface area is 117 Å². The van der Waals surface area contributed by atoms with Gasteiger partial charge in [-0.05, 0) is 19.1 Å². The third-order valence-electron chi connectivity index (χ3n) is 2.88. The Balaban J connectivity index is 2.18. The highest BCUT2D eigenvalue weighted by atomic mass is 16.5. The summed E-state index contributed by atoms with van der Waals surface area (Å²) >= 11 is 0. The lowest BCUT2D eigenvalue weighted by molar-refractivity contribution is 0.0779. The molecule has 2 rings (SSSR count). The molecular formula is C14H17N3O3. The van der Waals surface area contributed by atoms with Crippen LogP contribution >= 0.6 is 0 Å². The zero-order chi connectivity index (χ0) is 14.7. The maximum atomic E-state index is 12.4. The molecule has 1 aromatic carbocycles. The topological polar surface area (TPSA) is 81.6 Å². The summed E-state index contributed by atoms with van der Waals surface area (Å²) in [6, 6.07) is 6.75. The normalized spacial score (nSPS) is 10.3. The summed E-state index contributed by atoms with van der Waals surface area (Å²) in [5.74, 6) is 1.01. The number of ether oxygens (including phenoxy) is 1. The van der Waals surface area contributed by atoms with Crippen molar-refractivity contribution < 1.29 is 14.1 Å². The Morgan fingerprint density at radius 2 is 2.20 bits per heavy atom. The zero-order valence-corrected chi connectivity index (χ0v) is 11.7. The predicted molar refractivity (Wildman–Crippen MR) is 74.4 cm³/mol. The van der Waals surface area contributed by atoms with Crippen molar-refractivity contribution in [2.45, 2.75) is 13.5 Å². The molecular weight excluding hydrogens is 258 g/mol. The Bertz CT molecular complexity index is 622. The van der Waals surface area contributed by atoms with Crippen LogP contribution in [0, 0.1) is 6.92 Å². The van der Waals surface area contributed by atoms with Crippen LogP contribution in [0.2, 0.25) is 0 Å². The molecule has 1 heterocycles. The molecule has 1 aromatic heterocycles. The van der Waals surface area contributed by atoms with Gasteiger partial charge in [0.25, 0.3) is 5.91 Å². The number of amides is 1. The van der Waals surface area contributed by atoms with Gasteiger partial charge in [-0.15, -0.1) is 0 Å². The van der Waals surface area contributed by atoms with Crippen molar-refractivity contribution in [2.75, 3.05) is 19.9 Å². The highest BCUT2D eigenvalue weighted by molar-refractivity contribution is 5.97. The van der Waals surface area contributed by atoms with Crippen molar-refractivity contribution in [3.63, 3.8) is 0 Å². The number of carbonyl (C=O) groups is 1. The molecule has 0 bridgehead atoms. The molecule has 0 atom stereocenters.